The molecule has 7 heteroatoms. The highest BCUT2D eigenvalue weighted by molar-refractivity contribution is 5.90. The fourth-order valence-electron chi connectivity index (χ4n) is 3.18. The lowest BCUT2D eigenvalue weighted by atomic mass is 10.1. The third-order valence-electron chi connectivity index (χ3n) is 4.96. The van der Waals surface area contributed by atoms with Gasteiger partial charge in [-0.3, -0.25) is 9.59 Å². The summed E-state index contributed by atoms with van der Waals surface area (Å²) < 4.78 is 11.1. The number of anilines is 1. The highest BCUT2D eigenvalue weighted by atomic mass is 16.5. The number of methoxy groups -OCH3 is 1. The van der Waals surface area contributed by atoms with Crippen LogP contribution in [0.25, 0.3) is 6.08 Å². The minimum absolute atomic E-state index is 0.0194. The number of unbranched alkanes of at least 4 members (excludes halogenated alkanes) is 2. The van der Waals surface area contributed by atoms with Gasteiger partial charge < -0.3 is 25.0 Å². The maximum atomic E-state index is 11.9. The van der Waals surface area contributed by atoms with E-state index in [9.17, 15) is 9.59 Å². The minimum Gasteiger partial charge on any atom is -0.497 e. The van der Waals surface area contributed by atoms with E-state index >= 15 is 0 Å². The van der Waals surface area contributed by atoms with E-state index in [1.807, 2.05) is 24.3 Å². The molecule has 0 atom stereocenters. The van der Waals surface area contributed by atoms with Crippen molar-refractivity contribution < 1.29 is 29.3 Å². The first-order valence-electron chi connectivity index (χ1n) is 11.2. The van der Waals surface area contributed by atoms with Crippen molar-refractivity contribution in [2.24, 2.45) is 0 Å². The summed E-state index contributed by atoms with van der Waals surface area (Å²) in [5, 5.41) is 20.7. The number of carboxylic acid groups (broad SMARTS) is 1. The topological polar surface area (TPSA) is 105 Å². The summed E-state index contributed by atoms with van der Waals surface area (Å²) in [5.41, 5.74) is 2.46. The van der Waals surface area contributed by atoms with Gasteiger partial charge in [-0.05, 0) is 73.6 Å². The second kappa shape index (κ2) is 14.7. The van der Waals surface area contributed by atoms with Crippen LogP contribution in [0.2, 0.25) is 0 Å². The summed E-state index contributed by atoms with van der Waals surface area (Å²) in [4.78, 5) is 22.9. The zero-order valence-corrected chi connectivity index (χ0v) is 19.1. The van der Waals surface area contributed by atoms with E-state index in [-0.39, 0.29) is 25.4 Å². The molecule has 7 nitrogen and oxygen atoms in total. The average Bonchev–Trinajstić information content (AvgIpc) is 2.82. The lowest BCUT2D eigenvalue weighted by Gasteiger charge is -2.13. The van der Waals surface area contributed by atoms with E-state index in [0.717, 1.165) is 36.1 Å². The van der Waals surface area contributed by atoms with Crippen molar-refractivity contribution in [3.63, 3.8) is 0 Å². The number of ether oxygens (including phenoxy) is 2. The number of hydrogen-bond donors (Lipinski definition) is 3. The number of carboxylic acids is 1. The number of rotatable bonds is 15. The van der Waals surface area contributed by atoms with Gasteiger partial charge in [-0.25, -0.2) is 0 Å². The first kappa shape index (κ1) is 25.9. The van der Waals surface area contributed by atoms with E-state index in [2.05, 4.69) is 17.5 Å². The number of aliphatic hydroxyl groups excluding tert-OH is 1. The first-order chi connectivity index (χ1) is 16.0. The summed E-state index contributed by atoms with van der Waals surface area (Å²) >= 11 is 0. The molecule has 0 bridgehead atoms. The number of aryl methyl sites for hydroxylation is 1. The number of allylic oxidation sites excluding steroid dienone is 1. The molecule has 33 heavy (non-hydrogen) atoms. The maximum absolute atomic E-state index is 11.9. The number of carbonyl (C=O) groups excluding carboxylic acids is 1. The van der Waals surface area contributed by atoms with Crippen molar-refractivity contribution >= 4 is 23.6 Å². The van der Waals surface area contributed by atoms with Gasteiger partial charge in [0, 0.05) is 25.1 Å². The standard InChI is InChI=1S/C26H33NO6/c1-32-23-13-9-20(10-14-23)7-4-2-3-5-18-33-24-15-12-22(27-25(29)8-6-17-28)19-21(24)11-16-26(30)31/h4,7,9-10,12-15,19,28H,2-3,5-6,8,11,16-18H2,1H3,(H,27,29)(H,30,31)/b7-4+. The number of hydrogen-bond acceptors (Lipinski definition) is 5. The Labute approximate surface area is 195 Å². The molecule has 0 saturated carbocycles. The number of amides is 1. The molecular formula is C26H33NO6. The lowest BCUT2D eigenvalue weighted by Crippen LogP contribution is -2.12. The van der Waals surface area contributed by atoms with Crippen molar-refractivity contribution in [2.45, 2.75) is 44.9 Å². The van der Waals surface area contributed by atoms with Crippen LogP contribution >= 0.6 is 0 Å². The molecule has 2 aromatic rings. The Morgan fingerprint density at radius 2 is 1.82 bits per heavy atom. The second-order valence-corrected chi connectivity index (χ2v) is 7.61. The zero-order chi connectivity index (χ0) is 23.9. The zero-order valence-electron chi connectivity index (χ0n) is 19.1. The van der Waals surface area contributed by atoms with Crippen LogP contribution in [-0.4, -0.2) is 42.4 Å². The Balaban J connectivity index is 1.82. The Hall–Kier alpha value is -3.32. The first-order valence-corrected chi connectivity index (χ1v) is 11.2. The predicted octanol–water partition coefficient (Wildman–Crippen LogP) is 4.69. The summed E-state index contributed by atoms with van der Waals surface area (Å²) in [5.74, 6) is 0.397. The average molecular weight is 456 g/mol. The molecule has 0 aliphatic rings. The van der Waals surface area contributed by atoms with E-state index in [1.165, 1.54) is 0 Å². The monoisotopic (exact) mass is 455 g/mol. The number of aliphatic carboxylic acids is 1. The van der Waals surface area contributed by atoms with Crippen molar-refractivity contribution in [3.05, 3.63) is 59.7 Å². The SMILES string of the molecule is COc1ccc(/C=C/CCCCOc2ccc(NC(=O)CCCO)cc2CCC(=O)O)cc1. The molecule has 0 aromatic heterocycles. The van der Waals surface area contributed by atoms with Gasteiger partial charge in [0.25, 0.3) is 0 Å². The lowest BCUT2D eigenvalue weighted by molar-refractivity contribution is -0.137. The van der Waals surface area contributed by atoms with Crippen LogP contribution in [0.3, 0.4) is 0 Å². The van der Waals surface area contributed by atoms with E-state index in [4.69, 9.17) is 19.7 Å². The number of benzene rings is 2. The molecular weight excluding hydrogens is 422 g/mol. The van der Waals surface area contributed by atoms with Crippen LogP contribution in [0.15, 0.2) is 48.5 Å². The van der Waals surface area contributed by atoms with Crippen LogP contribution < -0.4 is 14.8 Å². The second-order valence-electron chi connectivity index (χ2n) is 7.61. The van der Waals surface area contributed by atoms with Gasteiger partial charge in [0.05, 0.1) is 13.7 Å². The van der Waals surface area contributed by atoms with E-state index in [0.29, 0.717) is 30.9 Å². The van der Waals surface area contributed by atoms with E-state index < -0.39 is 5.97 Å². The summed E-state index contributed by atoms with van der Waals surface area (Å²) in [6.45, 7) is 0.486. The molecule has 0 unspecified atom stereocenters. The molecule has 2 rings (SSSR count). The van der Waals surface area contributed by atoms with E-state index in [1.54, 1.807) is 25.3 Å². The molecule has 0 radical (unpaired) electrons. The summed E-state index contributed by atoms with van der Waals surface area (Å²) in [6, 6.07) is 13.2. The van der Waals surface area contributed by atoms with Gasteiger partial charge in [0.2, 0.25) is 5.91 Å². The van der Waals surface area contributed by atoms with Crippen molar-refractivity contribution in [1.82, 2.24) is 0 Å². The Bertz CT molecular complexity index is 907. The molecule has 0 saturated heterocycles. The third-order valence-corrected chi connectivity index (χ3v) is 4.96. The van der Waals surface area contributed by atoms with Crippen LogP contribution in [0.1, 0.15) is 49.7 Å². The van der Waals surface area contributed by atoms with Gasteiger partial charge in [-0.2, -0.15) is 0 Å². The predicted molar refractivity (Wildman–Crippen MR) is 129 cm³/mol. The smallest absolute Gasteiger partial charge is 0.303 e. The molecule has 1 amide bonds. The Morgan fingerprint density at radius 1 is 1.03 bits per heavy atom. The fourth-order valence-corrected chi connectivity index (χ4v) is 3.18. The summed E-state index contributed by atoms with van der Waals surface area (Å²) in [7, 11) is 1.65. The number of aliphatic hydroxyl groups is 1. The van der Waals surface area contributed by atoms with Gasteiger partial charge in [0.1, 0.15) is 11.5 Å². The molecule has 0 aliphatic heterocycles. The quantitative estimate of drug-likeness (QED) is 0.337. The van der Waals surface area contributed by atoms with Crippen LogP contribution in [0, 0.1) is 0 Å². The Kier molecular flexibility index (Phi) is 11.5. The van der Waals surface area contributed by atoms with Crippen LogP contribution in [-0.2, 0) is 16.0 Å². The maximum Gasteiger partial charge on any atom is 0.303 e. The number of carbonyl (C=O) groups is 2. The third kappa shape index (κ3) is 10.2. The molecule has 0 fully saturated rings. The van der Waals surface area contributed by atoms with Crippen molar-refractivity contribution in [1.29, 1.82) is 0 Å². The van der Waals surface area contributed by atoms with Gasteiger partial charge in [-0.1, -0.05) is 24.3 Å². The van der Waals surface area contributed by atoms with Gasteiger partial charge in [0.15, 0.2) is 0 Å². The molecule has 3 N–H and O–H groups in total. The fraction of sp³-hybridized carbons (Fsp3) is 0.385. The number of nitrogens with one attached hydrogen (secondary N) is 1. The van der Waals surface area contributed by atoms with Crippen LogP contribution in [0.5, 0.6) is 11.5 Å². The van der Waals surface area contributed by atoms with Gasteiger partial charge in [-0.15, -0.1) is 0 Å². The van der Waals surface area contributed by atoms with Crippen LogP contribution in [0.4, 0.5) is 5.69 Å². The molecule has 0 heterocycles. The molecule has 2 aromatic carbocycles. The van der Waals surface area contributed by atoms with Crippen molar-refractivity contribution in [2.75, 3.05) is 25.6 Å². The Morgan fingerprint density at radius 3 is 2.52 bits per heavy atom. The highest BCUT2D eigenvalue weighted by Crippen LogP contribution is 2.25. The normalized spacial score (nSPS) is 10.8. The molecule has 178 valence electrons. The highest BCUT2D eigenvalue weighted by Gasteiger charge is 2.10. The summed E-state index contributed by atoms with van der Waals surface area (Å²) in [6.07, 6.45) is 7.90. The van der Waals surface area contributed by atoms with Gasteiger partial charge >= 0.3 is 5.97 Å². The minimum atomic E-state index is -0.887. The van der Waals surface area contributed by atoms with Crippen molar-refractivity contribution in [3.8, 4) is 11.5 Å². The molecule has 0 aliphatic carbocycles. The largest absolute Gasteiger partial charge is 0.497 e. The molecule has 0 spiro atoms.